The normalized spacial score (nSPS) is 14.0. The molecule has 0 aliphatic heterocycles. The largest absolute Gasteiger partial charge is 0.261 e. The van der Waals surface area contributed by atoms with Crippen LogP contribution in [0.15, 0.2) is 34.1 Å². The lowest BCUT2D eigenvalue weighted by Crippen LogP contribution is -1.92. The molecule has 0 saturated heterocycles. The fourth-order valence-corrected chi connectivity index (χ4v) is 2.08. The first-order valence-corrected chi connectivity index (χ1v) is 7.16. The third-order valence-corrected chi connectivity index (χ3v) is 3.74. The van der Waals surface area contributed by atoms with E-state index >= 15 is 0 Å². The first kappa shape index (κ1) is 10.7. The molecule has 0 spiro atoms. The zero-order valence-corrected chi connectivity index (χ0v) is 9.12. The Morgan fingerprint density at radius 2 is 1.69 bits per heavy atom. The van der Waals surface area contributed by atoms with E-state index in [9.17, 15) is 12.6 Å². The molecule has 1 atom stereocenters. The Morgan fingerprint density at radius 3 is 2.00 bits per heavy atom. The van der Waals surface area contributed by atoms with Gasteiger partial charge in [0.25, 0.3) is 9.05 Å². The van der Waals surface area contributed by atoms with Crippen LogP contribution in [0.3, 0.4) is 0 Å². The van der Waals surface area contributed by atoms with E-state index in [1.165, 1.54) is 30.5 Å². The Labute approximate surface area is 83.6 Å². The Hall–Kier alpha value is -0.390. The molecule has 0 radical (unpaired) electrons. The average Bonchev–Trinajstić information content (AvgIpc) is 2.03. The summed E-state index contributed by atoms with van der Waals surface area (Å²) < 4.78 is 32.5. The number of hydrogen-bond donors (Lipinski definition) is 0. The second kappa shape index (κ2) is 3.77. The van der Waals surface area contributed by atoms with Crippen molar-refractivity contribution in [2.24, 2.45) is 0 Å². The van der Waals surface area contributed by atoms with Crippen molar-refractivity contribution in [3.63, 3.8) is 0 Å². The lowest BCUT2D eigenvalue weighted by atomic mass is 10.4. The maximum Gasteiger partial charge on any atom is 0.261 e. The van der Waals surface area contributed by atoms with Crippen LogP contribution in [0.5, 0.6) is 0 Å². The van der Waals surface area contributed by atoms with Gasteiger partial charge in [-0.25, -0.2) is 8.42 Å². The molecule has 0 fully saturated rings. The summed E-state index contributed by atoms with van der Waals surface area (Å²) >= 11 is 0. The summed E-state index contributed by atoms with van der Waals surface area (Å²) in [5, 5.41) is 0. The van der Waals surface area contributed by atoms with E-state index in [4.69, 9.17) is 10.7 Å². The lowest BCUT2D eigenvalue weighted by Gasteiger charge is -1.97. The van der Waals surface area contributed by atoms with E-state index in [0.29, 0.717) is 4.90 Å². The molecule has 1 rings (SSSR count). The molecule has 0 saturated carbocycles. The van der Waals surface area contributed by atoms with Crippen LogP contribution in [-0.4, -0.2) is 18.9 Å². The first-order chi connectivity index (χ1) is 5.91. The van der Waals surface area contributed by atoms with Gasteiger partial charge in [-0.1, -0.05) is 0 Å². The van der Waals surface area contributed by atoms with Crippen molar-refractivity contribution in [2.75, 3.05) is 6.26 Å². The second-order valence-corrected chi connectivity index (χ2v) is 6.31. The third-order valence-electron chi connectivity index (χ3n) is 1.44. The standard InChI is InChI=1S/C7H7ClO3S2/c1-12(9)6-2-4-7(5-3-6)13(8,10)11/h2-5H,1H3. The third kappa shape index (κ3) is 2.79. The Balaban J connectivity index is 3.16. The van der Waals surface area contributed by atoms with E-state index in [0.717, 1.165) is 0 Å². The van der Waals surface area contributed by atoms with Crippen molar-refractivity contribution in [1.29, 1.82) is 0 Å². The smallest absolute Gasteiger partial charge is 0.255 e. The molecule has 72 valence electrons. The molecule has 1 aromatic carbocycles. The van der Waals surface area contributed by atoms with E-state index in [2.05, 4.69) is 0 Å². The molecule has 6 heteroatoms. The summed E-state index contributed by atoms with van der Waals surface area (Å²) in [5.41, 5.74) is 0. The van der Waals surface area contributed by atoms with Crippen molar-refractivity contribution in [1.82, 2.24) is 0 Å². The maximum atomic E-state index is 10.9. The van der Waals surface area contributed by atoms with Gasteiger partial charge in [0.1, 0.15) is 0 Å². The van der Waals surface area contributed by atoms with Gasteiger partial charge in [-0.05, 0) is 24.3 Å². The topological polar surface area (TPSA) is 51.2 Å². The van der Waals surface area contributed by atoms with Crippen LogP contribution < -0.4 is 0 Å². The van der Waals surface area contributed by atoms with Gasteiger partial charge < -0.3 is 0 Å². The van der Waals surface area contributed by atoms with Crippen molar-refractivity contribution in [3.05, 3.63) is 24.3 Å². The summed E-state index contributed by atoms with van der Waals surface area (Å²) in [6, 6.07) is 5.62. The molecular weight excluding hydrogens is 232 g/mol. The van der Waals surface area contributed by atoms with Crippen LogP contribution in [0.25, 0.3) is 0 Å². The minimum absolute atomic E-state index is 0.0170. The van der Waals surface area contributed by atoms with Crippen LogP contribution in [0, 0.1) is 0 Å². The van der Waals surface area contributed by atoms with Crippen LogP contribution >= 0.6 is 10.7 Å². The van der Waals surface area contributed by atoms with Crippen molar-refractivity contribution >= 4 is 30.5 Å². The fourth-order valence-electron chi connectivity index (χ4n) is 0.794. The summed E-state index contributed by atoms with van der Waals surface area (Å²) in [6.07, 6.45) is 1.52. The van der Waals surface area contributed by atoms with Crippen molar-refractivity contribution in [3.8, 4) is 0 Å². The van der Waals surface area contributed by atoms with Crippen LogP contribution in [0.1, 0.15) is 0 Å². The predicted molar refractivity (Wildman–Crippen MR) is 51.8 cm³/mol. The molecule has 0 N–H and O–H groups in total. The summed E-state index contributed by atoms with van der Waals surface area (Å²) in [6.45, 7) is 0. The minimum atomic E-state index is -3.67. The molecule has 0 aliphatic carbocycles. The highest BCUT2D eigenvalue weighted by atomic mass is 35.7. The highest BCUT2D eigenvalue weighted by Crippen LogP contribution is 2.16. The Morgan fingerprint density at radius 1 is 1.23 bits per heavy atom. The van der Waals surface area contributed by atoms with Gasteiger partial charge in [0.05, 0.1) is 4.90 Å². The molecule has 3 nitrogen and oxygen atoms in total. The van der Waals surface area contributed by atoms with Gasteiger partial charge in [-0.3, -0.25) is 4.21 Å². The fraction of sp³-hybridized carbons (Fsp3) is 0.143. The van der Waals surface area contributed by atoms with E-state index < -0.39 is 19.9 Å². The zero-order valence-electron chi connectivity index (χ0n) is 6.73. The van der Waals surface area contributed by atoms with Crippen LogP contribution in [0.4, 0.5) is 0 Å². The van der Waals surface area contributed by atoms with Gasteiger partial charge in [0.2, 0.25) is 0 Å². The lowest BCUT2D eigenvalue weighted by molar-refractivity contribution is 0.609. The SMILES string of the molecule is CS(=O)c1ccc(S(=O)(=O)Cl)cc1. The zero-order chi connectivity index (χ0) is 10.1. The van der Waals surface area contributed by atoms with Crippen molar-refractivity contribution < 1.29 is 12.6 Å². The van der Waals surface area contributed by atoms with E-state index in [1.807, 2.05) is 0 Å². The molecule has 0 heterocycles. The van der Waals surface area contributed by atoms with Gasteiger partial charge in [-0.2, -0.15) is 0 Å². The van der Waals surface area contributed by atoms with E-state index in [-0.39, 0.29) is 4.90 Å². The summed E-state index contributed by atoms with van der Waals surface area (Å²) in [5.74, 6) is 0. The molecule has 13 heavy (non-hydrogen) atoms. The average molecular weight is 239 g/mol. The Bertz CT molecular complexity index is 422. The first-order valence-electron chi connectivity index (χ1n) is 3.29. The molecule has 0 aliphatic rings. The van der Waals surface area contributed by atoms with E-state index in [1.54, 1.807) is 0 Å². The Kier molecular flexibility index (Phi) is 3.10. The number of benzene rings is 1. The monoisotopic (exact) mass is 238 g/mol. The number of halogens is 1. The molecule has 0 amide bonds. The quantitative estimate of drug-likeness (QED) is 0.731. The number of rotatable bonds is 2. The molecule has 0 aromatic heterocycles. The predicted octanol–water partition coefficient (Wildman–Crippen LogP) is 1.35. The maximum absolute atomic E-state index is 10.9. The van der Waals surface area contributed by atoms with Crippen molar-refractivity contribution in [2.45, 2.75) is 9.79 Å². The van der Waals surface area contributed by atoms with Gasteiger partial charge in [0, 0.05) is 32.6 Å². The molecule has 1 unspecified atom stereocenters. The molecule has 0 bridgehead atoms. The van der Waals surface area contributed by atoms with Crippen LogP contribution in [0.2, 0.25) is 0 Å². The van der Waals surface area contributed by atoms with Gasteiger partial charge >= 0.3 is 0 Å². The minimum Gasteiger partial charge on any atom is -0.255 e. The number of hydrogen-bond acceptors (Lipinski definition) is 3. The van der Waals surface area contributed by atoms with Gasteiger partial charge in [0.15, 0.2) is 0 Å². The second-order valence-electron chi connectivity index (χ2n) is 2.36. The summed E-state index contributed by atoms with van der Waals surface area (Å²) in [4.78, 5) is 0.590. The van der Waals surface area contributed by atoms with Gasteiger partial charge in [-0.15, -0.1) is 0 Å². The molecule has 1 aromatic rings. The highest BCUT2D eigenvalue weighted by molar-refractivity contribution is 8.13. The molecular formula is C7H7ClO3S2. The van der Waals surface area contributed by atoms with Crippen LogP contribution in [-0.2, 0) is 19.9 Å². The highest BCUT2D eigenvalue weighted by Gasteiger charge is 2.09. The summed E-state index contributed by atoms with van der Waals surface area (Å²) in [7, 11) is 0.313.